The van der Waals surface area contributed by atoms with Gasteiger partial charge in [0.25, 0.3) is 0 Å². The number of rotatable bonds is 1. The first-order valence-electron chi connectivity index (χ1n) is 3.50. The first kappa shape index (κ1) is 10.7. The molecule has 0 bridgehead atoms. The summed E-state index contributed by atoms with van der Waals surface area (Å²) in [5, 5.41) is 7.91. The van der Waals surface area contributed by atoms with Crippen LogP contribution in [0.3, 0.4) is 0 Å². The van der Waals surface area contributed by atoms with E-state index in [0.717, 1.165) is 5.69 Å². The first-order valence-corrected chi connectivity index (χ1v) is 3.91. The maximum atomic E-state index is 4.96. The number of hydrogen-bond acceptors (Lipinski definition) is 3. The SMILES string of the molecule is [Na+].[S-]c1nncn1-c1ccccc1. The molecule has 0 atom stereocenters. The van der Waals surface area contributed by atoms with Crippen molar-refractivity contribution in [2.75, 3.05) is 0 Å². The summed E-state index contributed by atoms with van der Waals surface area (Å²) in [6, 6.07) is 9.77. The summed E-state index contributed by atoms with van der Waals surface area (Å²) < 4.78 is 1.76. The van der Waals surface area contributed by atoms with E-state index in [0.29, 0.717) is 5.16 Å². The minimum Gasteiger partial charge on any atom is -0.740 e. The monoisotopic (exact) mass is 199 g/mol. The summed E-state index contributed by atoms with van der Waals surface area (Å²) in [4.78, 5) is 0. The fourth-order valence-electron chi connectivity index (χ4n) is 0.990. The molecule has 2 rings (SSSR count). The van der Waals surface area contributed by atoms with Crippen molar-refractivity contribution in [3.8, 4) is 5.69 Å². The van der Waals surface area contributed by atoms with Crippen molar-refractivity contribution in [1.29, 1.82) is 0 Å². The zero-order valence-electron chi connectivity index (χ0n) is 7.21. The Hall–Kier alpha value is -0.420. The van der Waals surface area contributed by atoms with Crippen LogP contribution in [0.15, 0.2) is 41.8 Å². The normalized spacial score (nSPS) is 9.23. The van der Waals surface area contributed by atoms with E-state index >= 15 is 0 Å². The number of benzene rings is 1. The Bertz CT molecular complexity index is 374. The standard InChI is InChI=1S/C8H7N3S.Na/c12-8-10-9-6-11(8)7-4-2-1-3-5-7;/h1-6H,(H,10,12);/q;+1/p-1. The first-order chi connectivity index (χ1) is 5.88. The third-order valence-corrected chi connectivity index (χ3v) is 1.83. The van der Waals surface area contributed by atoms with Crippen LogP contribution in [-0.2, 0) is 12.6 Å². The molecule has 1 aromatic heterocycles. The molecule has 0 aliphatic heterocycles. The van der Waals surface area contributed by atoms with Gasteiger partial charge < -0.3 is 17.2 Å². The van der Waals surface area contributed by atoms with Gasteiger partial charge in [-0.25, -0.2) is 0 Å². The van der Waals surface area contributed by atoms with Crippen molar-refractivity contribution in [3.05, 3.63) is 36.7 Å². The van der Waals surface area contributed by atoms with Crippen molar-refractivity contribution >= 4 is 12.6 Å². The Morgan fingerprint density at radius 2 is 1.85 bits per heavy atom. The molecule has 0 amide bonds. The second kappa shape index (κ2) is 4.72. The minimum atomic E-state index is 0. The van der Waals surface area contributed by atoms with Crippen molar-refractivity contribution in [2.45, 2.75) is 5.16 Å². The van der Waals surface area contributed by atoms with Crippen LogP contribution in [0.5, 0.6) is 0 Å². The van der Waals surface area contributed by atoms with E-state index in [1.807, 2.05) is 30.3 Å². The van der Waals surface area contributed by atoms with E-state index < -0.39 is 0 Å². The predicted octanol–water partition coefficient (Wildman–Crippen LogP) is -1.82. The molecule has 0 unspecified atom stereocenters. The molecule has 2 aromatic rings. The molecule has 5 heteroatoms. The summed E-state index contributed by atoms with van der Waals surface area (Å²) in [6.07, 6.45) is 1.61. The van der Waals surface area contributed by atoms with Crippen LogP contribution in [0.1, 0.15) is 0 Å². The summed E-state index contributed by atoms with van der Waals surface area (Å²) >= 11 is 4.96. The molecule has 1 heterocycles. The number of nitrogens with zero attached hydrogens (tertiary/aromatic N) is 3. The number of para-hydroxylation sites is 1. The molecule has 0 radical (unpaired) electrons. The maximum Gasteiger partial charge on any atom is 1.00 e. The molecule has 3 nitrogen and oxygen atoms in total. The second-order valence-electron chi connectivity index (χ2n) is 2.32. The average molecular weight is 199 g/mol. The largest absolute Gasteiger partial charge is 1.00 e. The minimum absolute atomic E-state index is 0. The van der Waals surface area contributed by atoms with Crippen LogP contribution in [0.2, 0.25) is 0 Å². The van der Waals surface area contributed by atoms with Gasteiger partial charge in [0.05, 0.1) is 0 Å². The van der Waals surface area contributed by atoms with Gasteiger partial charge in [-0.1, -0.05) is 18.2 Å². The van der Waals surface area contributed by atoms with Crippen molar-refractivity contribution in [1.82, 2.24) is 14.8 Å². The van der Waals surface area contributed by atoms with Gasteiger partial charge in [-0.2, -0.15) is 5.10 Å². The van der Waals surface area contributed by atoms with Crippen molar-refractivity contribution in [3.63, 3.8) is 0 Å². The smallest absolute Gasteiger partial charge is 0.740 e. The van der Waals surface area contributed by atoms with Gasteiger partial charge in [0.2, 0.25) is 0 Å². The average Bonchev–Trinajstić information content (AvgIpc) is 2.53. The molecule has 1 aromatic carbocycles. The Balaban J connectivity index is 0.000000845. The van der Waals surface area contributed by atoms with Gasteiger partial charge in [0, 0.05) is 10.8 Å². The fourth-order valence-corrected chi connectivity index (χ4v) is 1.19. The molecule has 13 heavy (non-hydrogen) atoms. The van der Waals surface area contributed by atoms with Gasteiger partial charge in [-0.05, 0) is 12.1 Å². The maximum absolute atomic E-state index is 4.96. The Morgan fingerprint density at radius 1 is 1.15 bits per heavy atom. The van der Waals surface area contributed by atoms with Crippen LogP contribution in [0, 0.1) is 0 Å². The van der Waals surface area contributed by atoms with E-state index in [1.165, 1.54) is 0 Å². The molecule has 0 N–H and O–H groups in total. The van der Waals surface area contributed by atoms with E-state index in [9.17, 15) is 0 Å². The van der Waals surface area contributed by atoms with Gasteiger partial charge in [-0.15, -0.1) is 5.10 Å². The third kappa shape index (κ3) is 2.28. The van der Waals surface area contributed by atoms with Gasteiger partial charge >= 0.3 is 29.6 Å². The molecule has 0 fully saturated rings. The van der Waals surface area contributed by atoms with Crippen LogP contribution in [0.25, 0.3) is 5.69 Å². The number of aromatic nitrogens is 3. The molecular formula is C8H6N3NaS. The zero-order chi connectivity index (χ0) is 8.39. The van der Waals surface area contributed by atoms with Crippen molar-refractivity contribution in [2.24, 2.45) is 0 Å². The molecule has 0 aliphatic rings. The Labute approximate surface area is 104 Å². The van der Waals surface area contributed by atoms with Crippen LogP contribution in [0.4, 0.5) is 0 Å². The predicted molar refractivity (Wildman–Crippen MR) is 47.0 cm³/mol. The Morgan fingerprint density at radius 3 is 2.38 bits per heavy atom. The van der Waals surface area contributed by atoms with E-state index in [-0.39, 0.29) is 29.6 Å². The topological polar surface area (TPSA) is 30.7 Å². The summed E-state index contributed by atoms with van der Waals surface area (Å²) in [5.74, 6) is 0. The zero-order valence-corrected chi connectivity index (χ0v) is 10.0. The molecule has 0 saturated heterocycles. The van der Waals surface area contributed by atoms with Gasteiger partial charge in [0.1, 0.15) is 6.33 Å². The molecule has 0 saturated carbocycles. The van der Waals surface area contributed by atoms with E-state index in [1.54, 1.807) is 10.9 Å². The van der Waals surface area contributed by atoms with E-state index in [4.69, 9.17) is 12.6 Å². The molecule has 0 spiro atoms. The van der Waals surface area contributed by atoms with Crippen LogP contribution in [-0.4, -0.2) is 14.8 Å². The molecule has 60 valence electrons. The summed E-state index contributed by atoms with van der Waals surface area (Å²) in [5.41, 5.74) is 0.993. The molecule has 0 aliphatic carbocycles. The van der Waals surface area contributed by atoms with Gasteiger partial charge in [-0.3, -0.25) is 0 Å². The van der Waals surface area contributed by atoms with Crippen LogP contribution >= 0.6 is 0 Å². The third-order valence-electron chi connectivity index (χ3n) is 1.55. The number of hydrogen-bond donors (Lipinski definition) is 0. The van der Waals surface area contributed by atoms with Crippen molar-refractivity contribution < 1.29 is 29.6 Å². The quantitative estimate of drug-likeness (QED) is 0.400. The fraction of sp³-hybridized carbons (Fsp3) is 0. The Kier molecular flexibility index (Phi) is 3.87. The van der Waals surface area contributed by atoms with Crippen LogP contribution < -0.4 is 29.6 Å². The summed E-state index contributed by atoms with van der Waals surface area (Å²) in [6.45, 7) is 0. The summed E-state index contributed by atoms with van der Waals surface area (Å²) in [7, 11) is 0. The second-order valence-corrected chi connectivity index (χ2v) is 2.68. The molecular weight excluding hydrogens is 193 g/mol. The van der Waals surface area contributed by atoms with E-state index in [2.05, 4.69) is 10.2 Å². The van der Waals surface area contributed by atoms with Gasteiger partial charge in [0.15, 0.2) is 0 Å².